The molecule has 4 N–H and O–H groups in total. The second kappa shape index (κ2) is 6.00. The fourth-order valence-electron chi connectivity index (χ4n) is 2.33. The van der Waals surface area contributed by atoms with Crippen molar-refractivity contribution in [2.24, 2.45) is 17.1 Å². The maximum Gasteiger partial charge on any atom is 0.311 e. The summed E-state index contributed by atoms with van der Waals surface area (Å²) < 4.78 is 0. The van der Waals surface area contributed by atoms with Gasteiger partial charge in [-0.05, 0) is 25.8 Å². The van der Waals surface area contributed by atoms with Crippen LogP contribution in [0.25, 0.3) is 0 Å². The molecule has 98 valence electrons. The van der Waals surface area contributed by atoms with Gasteiger partial charge in [-0.3, -0.25) is 9.59 Å². The van der Waals surface area contributed by atoms with Gasteiger partial charge in [0.1, 0.15) is 0 Å². The standard InChI is InChI=1S/C12H22N2O3/c1-9(4-7-13)10(15)14-8-12(11(16)17)5-2-3-6-12/h9H,2-8,13H2,1H3,(H,14,15)(H,16,17). The van der Waals surface area contributed by atoms with E-state index in [-0.39, 0.29) is 18.4 Å². The molecule has 0 saturated heterocycles. The van der Waals surface area contributed by atoms with Crippen molar-refractivity contribution in [3.05, 3.63) is 0 Å². The van der Waals surface area contributed by atoms with Crippen LogP contribution in [0.15, 0.2) is 0 Å². The third-order valence-electron chi connectivity index (χ3n) is 3.66. The van der Waals surface area contributed by atoms with Crippen LogP contribution in [0.3, 0.4) is 0 Å². The van der Waals surface area contributed by atoms with Crippen molar-refractivity contribution < 1.29 is 14.7 Å². The maximum atomic E-state index is 11.7. The molecule has 0 spiro atoms. The molecule has 0 aromatic rings. The Morgan fingerprint density at radius 1 is 1.41 bits per heavy atom. The number of hydrogen-bond acceptors (Lipinski definition) is 3. The molecule has 1 atom stereocenters. The summed E-state index contributed by atoms with van der Waals surface area (Å²) in [5.41, 5.74) is 4.65. The van der Waals surface area contributed by atoms with Crippen LogP contribution >= 0.6 is 0 Å². The lowest BCUT2D eigenvalue weighted by molar-refractivity contribution is -0.148. The van der Waals surface area contributed by atoms with Gasteiger partial charge in [0.25, 0.3) is 0 Å². The largest absolute Gasteiger partial charge is 0.481 e. The van der Waals surface area contributed by atoms with E-state index in [9.17, 15) is 14.7 Å². The molecule has 0 bridgehead atoms. The Labute approximate surface area is 102 Å². The van der Waals surface area contributed by atoms with E-state index in [2.05, 4.69) is 5.32 Å². The molecule has 0 aromatic carbocycles. The second-order valence-electron chi connectivity index (χ2n) is 4.99. The monoisotopic (exact) mass is 242 g/mol. The minimum absolute atomic E-state index is 0.0945. The van der Waals surface area contributed by atoms with Gasteiger partial charge in [-0.2, -0.15) is 0 Å². The van der Waals surface area contributed by atoms with E-state index < -0.39 is 11.4 Å². The molecule has 0 aliphatic heterocycles. The highest BCUT2D eigenvalue weighted by Gasteiger charge is 2.41. The quantitative estimate of drug-likeness (QED) is 0.640. The number of rotatable bonds is 6. The number of nitrogens with two attached hydrogens (primary N) is 1. The molecule has 1 rings (SSSR count). The summed E-state index contributed by atoms with van der Waals surface area (Å²) in [6, 6.07) is 0. The van der Waals surface area contributed by atoms with E-state index >= 15 is 0 Å². The first-order valence-corrected chi connectivity index (χ1v) is 6.23. The topological polar surface area (TPSA) is 92.4 Å². The lowest BCUT2D eigenvalue weighted by Gasteiger charge is -2.24. The summed E-state index contributed by atoms with van der Waals surface area (Å²) in [6.45, 7) is 2.53. The van der Waals surface area contributed by atoms with Crippen molar-refractivity contribution in [1.82, 2.24) is 5.32 Å². The highest BCUT2D eigenvalue weighted by atomic mass is 16.4. The summed E-state index contributed by atoms with van der Waals surface area (Å²) in [4.78, 5) is 23.0. The van der Waals surface area contributed by atoms with Gasteiger partial charge in [0.2, 0.25) is 5.91 Å². The van der Waals surface area contributed by atoms with Crippen molar-refractivity contribution in [3.63, 3.8) is 0 Å². The lowest BCUT2D eigenvalue weighted by Crippen LogP contribution is -2.43. The second-order valence-corrected chi connectivity index (χ2v) is 4.99. The predicted molar refractivity (Wildman–Crippen MR) is 64.4 cm³/mol. The molecular weight excluding hydrogens is 220 g/mol. The molecule has 0 radical (unpaired) electrons. The summed E-state index contributed by atoms with van der Waals surface area (Å²) in [5, 5.41) is 12.0. The average Bonchev–Trinajstić information content (AvgIpc) is 2.76. The summed E-state index contributed by atoms with van der Waals surface area (Å²) in [5.74, 6) is -1.03. The molecule has 1 aliphatic carbocycles. The zero-order valence-electron chi connectivity index (χ0n) is 10.4. The van der Waals surface area contributed by atoms with E-state index in [0.29, 0.717) is 25.8 Å². The summed E-state index contributed by atoms with van der Waals surface area (Å²) >= 11 is 0. The van der Waals surface area contributed by atoms with Gasteiger partial charge in [0.15, 0.2) is 0 Å². The first-order valence-electron chi connectivity index (χ1n) is 6.23. The molecular formula is C12H22N2O3. The van der Waals surface area contributed by atoms with Crippen LogP contribution in [-0.4, -0.2) is 30.1 Å². The number of amides is 1. The molecule has 0 aromatic heterocycles. The van der Waals surface area contributed by atoms with Gasteiger partial charge in [0.05, 0.1) is 5.41 Å². The van der Waals surface area contributed by atoms with E-state index in [4.69, 9.17) is 5.73 Å². The van der Waals surface area contributed by atoms with Gasteiger partial charge in [-0.1, -0.05) is 19.8 Å². The van der Waals surface area contributed by atoms with Gasteiger partial charge < -0.3 is 16.2 Å². The van der Waals surface area contributed by atoms with Crippen LogP contribution in [-0.2, 0) is 9.59 Å². The third kappa shape index (κ3) is 3.43. The van der Waals surface area contributed by atoms with E-state index in [0.717, 1.165) is 12.8 Å². The van der Waals surface area contributed by atoms with E-state index in [1.165, 1.54) is 0 Å². The van der Waals surface area contributed by atoms with Crippen molar-refractivity contribution >= 4 is 11.9 Å². The Morgan fingerprint density at radius 2 is 2.00 bits per heavy atom. The van der Waals surface area contributed by atoms with Gasteiger partial charge in [-0.15, -0.1) is 0 Å². The Kier molecular flexibility index (Phi) is 4.93. The Hall–Kier alpha value is -1.10. The first-order chi connectivity index (χ1) is 8.02. The highest BCUT2D eigenvalue weighted by molar-refractivity contribution is 5.80. The van der Waals surface area contributed by atoms with Crippen LogP contribution < -0.4 is 11.1 Å². The van der Waals surface area contributed by atoms with Crippen LogP contribution in [0.1, 0.15) is 39.0 Å². The third-order valence-corrected chi connectivity index (χ3v) is 3.66. The SMILES string of the molecule is CC(CCN)C(=O)NCC1(C(=O)O)CCCC1. The number of carbonyl (C=O) groups is 2. The van der Waals surface area contributed by atoms with Crippen molar-refractivity contribution in [3.8, 4) is 0 Å². The normalized spacial score (nSPS) is 19.9. The highest BCUT2D eigenvalue weighted by Crippen LogP contribution is 2.37. The molecule has 1 unspecified atom stereocenters. The van der Waals surface area contributed by atoms with Gasteiger partial charge >= 0.3 is 5.97 Å². The van der Waals surface area contributed by atoms with E-state index in [1.54, 1.807) is 0 Å². The zero-order chi connectivity index (χ0) is 12.9. The van der Waals surface area contributed by atoms with E-state index in [1.807, 2.05) is 6.92 Å². The molecule has 1 saturated carbocycles. The van der Waals surface area contributed by atoms with Crippen LogP contribution in [0.2, 0.25) is 0 Å². The van der Waals surface area contributed by atoms with Crippen molar-refractivity contribution in [1.29, 1.82) is 0 Å². The summed E-state index contributed by atoms with van der Waals surface area (Å²) in [6.07, 6.45) is 3.81. The summed E-state index contributed by atoms with van der Waals surface area (Å²) in [7, 11) is 0. The molecule has 0 heterocycles. The first kappa shape index (κ1) is 14.0. The van der Waals surface area contributed by atoms with Crippen LogP contribution in [0.4, 0.5) is 0 Å². The molecule has 5 nitrogen and oxygen atoms in total. The van der Waals surface area contributed by atoms with Crippen LogP contribution in [0, 0.1) is 11.3 Å². The minimum Gasteiger partial charge on any atom is -0.481 e. The Morgan fingerprint density at radius 3 is 2.47 bits per heavy atom. The smallest absolute Gasteiger partial charge is 0.311 e. The number of carboxylic acid groups (broad SMARTS) is 1. The number of carboxylic acids is 1. The zero-order valence-corrected chi connectivity index (χ0v) is 10.4. The fraction of sp³-hybridized carbons (Fsp3) is 0.833. The number of hydrogen-bond donors (Lipinski definition) is 3. The maximum absolute atomic E-state index is 11.7. The average molecular weight is 242 g/mol. The van der Waals surface area contributed by atoms with Gasteiger partial charge in [-0.25, -0.2) is 0 Å². The number of carbonyl (C=O) groups excluding carboxylic acids is 1. The predicted octanol–water partition coefficient (Wildman–Crippen LogP) is 0.733. The fourth-order valence-corrected chi connectivity index (χ4v) is 2.33. The molecule has 1 aliphatic rings. The Balaban J connectivity index is 2.48. The van der Waals surface area contributed by atoms with Gasteiger partial charge in [0, 0.05) is 12.5 Å². The Bertz CT molecular complexity index is 285. The molecule has 5 heteroatoms. The molecule has 17 heavy (non-hydrogen) atoms. The van der Waals surface area contributed by atoms with Crippen LogP contribution in [0.5, 0.6) is 0 Å². The number of nitrogens with one attached hydrogen (secondary N) is 1. The number of aliphatic carboxylic acids is 1. The van der Waals surface area contributed by atoms with Crippen molar-refractivity contribution in [2.45, 2.75) is 39.0 Å². The minimum atomic E-state index is -0.790. The molecule has 1 fully saturated rings. The van der Waals surface area contributed by atoms with Crippen molar-refractivity contribution in [2.75, 3.05) is 13.1 Å². The lowest BCUT2D eigenvalue weighted by atomic mass is 9.86. The molecule has 1 amide bonds.